The number of nitrogens with one attached hydrogen (secondary N) is 1. The third kappa shape index (κ3) is 1.97. The van der Waals surface area contributed by atoms with Crippen molar-refractivity contribution in [1.29, 1.82) is 0 Å². The van der Waals surface area contributed by atoms with Crippen molar-refractivity contribution in [1.82, 2.24) is 5.32 Å². The SMILES string of the molecule is C[C@@]12CCC3C(CCC4[C@@]3(C)CCC[C@@]4(C)C(=O)O)(CC(=O)N1)C2. The molecular formula is C20H31NO3. The van der Waals surface area contributed by atoms with E-state index in [-0.39, 0.29) is 28.2 Å². The van der Waals surface area contributed by atoms with Gasteiger partial charge < -0.3 is 10.4 Å². The minimum absolute atomic E-state index is 0.0419. The summed E-state index contributed by atoms with van der Waals surface area (Å²) in [7, 11) is 0. The average molecular weight is 333 g/mol. The number of rotatable bonds is 1. The summed E-state index contributed by atoms with van der Waals surface area (Å²) in [5, 5.41) is 13.2. The van der Waals surface area contributed by atoms with E-state index in [2.05, 4.69) is 19.2 Å². The number of piperidine rings is 1. The van der Waals surface area contributed by atoms with Crippen LogP contribution in [0.3, 0.4) is 0 Å². The highest BCUT2D eigenvalue weighted by atomic mass is 16.4. The van der Waals surface area contributed by atoms with Crippen molar-refractivity contribution in [3.63, 3.8) is 0 Å². The standard InChI is InChI=1S/C20H31NO3/c1-17-9-5-14-18(2)7-4-8-19(3,16(23)24)13(18)6-10-20(14,12-17)11-15(22)21-17/h13-14H,4-12H2,1-3H3,(H,21,22)(H,23,24)/t13?,14?,17-,18+,19+,20?/m0/s1. The van der Waals surface area contributed by atoms with Gasteiger partial charge in [0.25, 0.3) is 0 Å². The van der Waals surface area contributed by atoms with Crippen molar-refractivity contribution in [2.45, 2.75) is 84.1 Å². The molecule has 4 aliphatic rings. The topological polar surface area (TPSA) is 66.4 Å². The van der Waals surface area contributed by atoms with Crippen LogP contribution in [0.4, 0.5) is 0 Å². The molecule has 1 spiro atoms. The van der Waals surface area contributed by atoms with E-state index in [1.54, 1.807) is 0 Å². The van der Waals surface area contributed by atoms with E-state index in [1.807, 2.05) is 6.92 Å². The Morgan fingerprint density at radius 3 is 2.50 bits per heavy atom. The molecule has 0 aromatic rings. The van der Waals surface area contributed by atoms with Crippen molar-refractivity contribution in [3.8, 4) is 0 Å². The van der Waals surface area contributed by atoms with Gasteiger partial charge in [0, 0.05) is 12.0 Å². The van der Waals surface area contributed by atoms with Crippen LogP contribution >= 0.6 is 0 Å². The first-order valence-corrected chi connectivity index (χ1v) is 9.68. The van der Waals surface area contributed by atoms with Crippen molar-refractivity contribution in [2.75, 3.05) is 0 Å². The monoisotopic (exact) mass is 333 g/mol. The summed E-state index contributed by atoms with van der Waals surface area (Å²) in [4.78, 5) is 24.5. The number of carboxylic acid groups (broad SMARTS) is 1. The van der Waals surface area contributed by atoms with Crippen LogP contribution in [0.2, 0.25) is 0 Å². The first-order chi connectivity index (χ1) is 11.1. The van der Waals surface area contributed by atoms with Crippen LogP contribution in [0, 0.1) is 28.1 Å². The molecule has 4 rings (SSSR count). The Hall–Kier alpha value is -1.06. The quantitative estimate of drug-likeness (QED) is 0.768. The second-order valence-electron chi connectivity index (χ2n) is 10.1. The Labute approximate surface area is 144 Å². The number of carbonyl (C=O) groups is 2. The van der Waals surface area contributed by atoms with Gasteiger partial charge in [-0.2, -0.15) is 0 Å². The highest BCUT2D eigenvalue weighted by Gasteiger charge is 2.66. The zero-order chi connectivity index (χ0) is 17.4. The molecule has 3 saturated carbocycles. The molecular weight excluding hydrogens is 302 g/mol. The predicted octanol–water partition coefficient (Wildman–Crippen LogP) is 3.74. The van der Waals surface area contributed by atoms with Crippen LogP contribution in [-0.4, -0.2) is 22.5 Å². The van der Waals surface area contributed by atoms with E-state index in [0.29, 0.717) is 12.3 Å². The largest absolute Gasteiger partial charge is 0.481 e. The van der Waals surface area contributed by atoms with Gasteiger partial charge in [-0.05, 0) is 81.5 Å². The molecule has 1 aliphatic heterocycles. The van der Waals surface area contributed by atoms with Gasteiger partial charge >= 0.3 is 5.97 Å². The molecule has 0 aromatic carbocycles. The van der Waals surface area contributed by atoms with E-state index in [1.165, 1.54) is 0 Å². The van der Waals surface area contributed by atoms with Gasteiger partial charge in [-0.15, -0.1) is 0 Å². The van der Waals surface area contributed by atoms with Crippen LogP contribution in [0.25, 0.3) is 0 Å². The van der Waals surface area contributed by atoms with Crippen LogP contribution in [0.1, 0.15) is 78.6 Å². The molecule has 3 aliphatic carbocycles. The lowest BCUT2D eigenvalue weighted by Crippen LogP contribution is -2.67. The molecule has 1 saturated heterocycles. The highest BCUT2D eigenvalue weighted by molar-refractivity contribution is 5.79. The fraction of sp³-hybridized carbons (Fsp3) is 0.900. The predicted molar refractivity (Wildman–Crippen MR) is 91.4 cm³/mol. The molecule has 4 heteroatoms. The Balaban J connectivity index is 1.75. The van der Waals surface area contributed by atoms with Gasteiger partial charge in [0.15, 0.2) is 0 Å². The maximum absolute atomic E-state index is 12.4. The van der Waals surface area contributed by atoms with Crippen molar-refractivity contribution >= 4 is 11.9 Å². The van der Waals surface area contributed by atoms with Gasteiger partial charge in [0.1, 0.15) is 0 Å². The molecule has 24 heavy (non-hydrogen) atoms. The van der Waals surface area contributed by atoms with Crippen LogP contribution in [0.5, 0.6) is 0 Å². The highest BCUT2D eigenvalue weighted by Crippen LogP contribution is 2.69. The van der Waals surface area contributed by atoms with Gasteiger partial charge in [-0.1, -0.05) is 13.3 Å². The Morgan fingerprint density at radius 1 is 1.08 bits per heavy atom. The van der Waals surface area contributed by atoms with Crippen molar-refractivity contribution < 1.29 is 14.7 Å². The number of amides is 1. The van der Waals surface area contributed by atoms with E-state index in [9.17, 15) is 14.7 Å². The molecule has 0 aromatic heterocycles. The molecule has 1 amide bonds. The molecule has 2 N–H and O–H groups in total. The van der Waals surface area contributed by atoms with Crippen LogP contribution < -0.4 is 5.32 Å². The maximum atomic E-state index is 12.4. The summed E-state index contributed by atoms with van der Waals surface area (Å²) < 4.78 is 0. The first kappa shape index (κ1) is 16.4. The lowest BCUT2D eigenvalue weighted by molar-refractivity contribution is -0.195. The second kappa shape index (κ2) is 4.76. The number of carbonyl (C=O) groups excluding carboxylic acids is 1. The lowest BCUT2D eigenvalue weighted by atomic mass is 9.38. The number of aliphatic carboxylic acids is 1. The Morgan fingerprint density at radius 2 is 1.79 bits per heavy atom. The van der Waals surface area contributed by atoms with E-state index in [4.69, 9.17) is 0 Å². The van der Waals surface area contributed by atoms with Gasteiger partial charge in [-0.25, -0.2) is 0 Å². The Kier molecular flexibility index (Phi) is 3.26. The van der Waals surface area contributed by atoms with Gasteiger partial charge in [0.2, 0.25) is 5.91 Å². The second-order valence-corrected chi connectivity index (χ2v) is 10.1. The number of hydrogen-bond donors (Lipinski definition) is 2. The van der Waals surface area contributed by atoms with Crippen LogP contribution in [0.15, 0.2) is 0 Å². The third-order valence-electron chi connectivity index (χ3n) is 8.61. The van der Waals surface area contributed by atoms with Crippen molar-refractivity contribution in [2.24, 2.45) is 28.1 Å². The maximum Gasteiger partial charge on any atom is 0.309 e. The summed E-state index contributed by atoms with van der Waals surface area (Å²) in [6.07, 6.45) is 8.86. The van der Waals surface area contributed by atoms with Crippen molar-refractivity contribution in [3.05, 3.63) is 0 Å². The molecule has 3 unspecified atom stereocenters. The van der Waals surface area contributed by atoms with E-state index >= 15 is 0 Å². The molecule has 1 heterocycles. The molecule has 4 fully saturated rings. The molecule has 134 valence electrons. The minimum atomic E-state index is -0.614. The fourth-order valence-corrected chi connectivity index (χ4v) is 7.80. The summed E-state index contributed by atoms with van der Waals surface area (Å²) in [6, 6.07) is 0. The average Bonchev–Trinajstić information content (AvgIpc) is 2.44. The summed E-state index contributed by atoms with van der Waals surface area (Å²) in [5.74, 6) is 0.354. The minimum Gasteiger partial charge on any atom is -0.481 e. The fourth-order valence-electron chi connectivity index (χ4n) is 7.80. The summed E-state index contributed by atoms with van der Waals surface area (Å²) in [6.45, 7) is 6.55. The Bertz CT molecular complexity index is 604. The van der Waals surface area contributed by atoms with Gasteiger partial charge in [0.05, 0.1) is 5.41 Å². The molecule has 2 bridgehead atoms. The van der Waals surface area contributed by atoms with E-state index < -0.39 is 11.4 Å². The van der Waals surface area contributed by atoms with E-state index in [0.717, 1.165) is 51.4 Å². The third-order valence-corrected chi connectivity index (χ3v) is 8.61. The number of carboxylic acids is 1. The smallest absolute Gasteiger partial charge is 0.309 e. The number of hydrogen-bond acceptors (Lipinski definition) is 2. The lowest BCUT2D eigenvalue weighted by Gasteiger charge is -2.67. The summed E-state index contributed by atoms with van der Waals surface area (Å²) in [5.41, 5.74) is -0.452. The van der Waals surface area contributed by atoms with Gasteiger partial charge in [-0.3, -0.25) is 9.59 Å². The molecule has 0 radical (unpaired) electrons. The number of fused-ring (bicyclic) bond motifs is 3. The molecule has 6 atom stereocenters. The zero-order valence-electron chi connectivity index (χ0n) is 15.3. The summed E-state index contributed by atoms with van der Waals surface area (Å²) >= 11 is 0. The van der Waals surface area contributed by atoms with Crippen LogP contribution in [-0.2, 0) is 9.59 Å². The zero-order valence-corrected chi connectivity index (χ0v) is 15.3. The normalized spacial score (nSPS) is 53.5. The molecule has 4 nitrogen and oxygen atoms in total. The first-order valence-electron chi connectivity index (χ1n) is 9.68.